The Labute approximate surface area is 112 Å². The molecule has 2 aromatic heterocycles. The molecule has 2 aromatic rings. The number of aromatic nitrogens is 5. The van der Waals surface area contributed by atoms with Crippen LogP contribution in [0, 0.1) is 5.92 Å². The van der Waals surface area contributed by atoms with Crippen LogP contribution in [0.5, 0.6) is 0 Å². The molecule has 3 heterocycles. The highest BCUT2D eigenvalue weighted by Gasteiger charge is 2.23. The molecule has 0 amide bonds. The summed E-state index contributed by atoms with van der Waals surface area (Å²) in [6, 6.07) is 4.42. The van der Waals surface area contributed by atoms with E-state index >= 15 is 0 Å². The van der Waals surface area contributed by atoms with E-state index in [1.807, 2.05) is 12.1 Å². The zero-order valence-electron chi connectivity index (χ0n) is 11.3. The van der Waals surface area contributed by atoms with Gasteiger partial charge in [-0.25, -0.2) is 0 Å². The molecule has 1 N–H and O–H groups in total. The summed E-state index contributed by atoms with van der Waals surface area (Å²) in [5, 5.41) is 18.9. The monoisotopic (exact) mass is 261 g/mol. The van der Waals surface area contributed by atoms with E-state index in [-0.39, 0.29) is 0 Å². The van der Waals surface area contributed by atoms with E-state index < -0.39 is 0 Å². The van der Waals surface area contributed by atoms with E-state index in [4.69, 9.17) is 0 Å². The molecule has 0 radical (unpaired) electrons. The van der Waals surface area contributed by atoms with Gasteiger partial charge in [0.2, 0.25) is 0 Å². The van der Waals surface area contributed by atoms with Gasteiger partial charge in [-0.2, -0.15) is 0 Å². The van der Waals surface area contributed by atoms with Gasteiger partial charge >= 0.3 is 0 Å². The molecule has 102 valence electrons. The second-order valence-electron chi connectivity index (χ2n) is 5.37. The molecule has 19 heavy (non-hydrogen) atoms. The van der Waals surface area contributed by atoms with Gasteiger partial charge < -0.3 is 10.2 Å². The molecular weight excluding hydrogens is 242 g/mol. The second kappa shape index (κ2) is 5.08. The van der Waals surface area contributed by atoms with Gasteiger partial charge in [-0.1, -0.05) is 0 Å². The minimum Gasteiger partial charge on any atom is -0.368 e. The van der Waals surface area contributed by atoms with Gasteiger partial charge in [0.25, 0.3) is 0 Å². The van der Waals surface area contributed by atoms with Crippen LogP contribution in [-0.2, 0) is 0 Å². The fraction of sp³-hybridized carbons (Fsp3) is 0.667. The lowest BCUT2D eigenvalue weighted by Gasteiger charge is -2.20. The lowest BCUT2D eigenvalue weighted by molar-refractivity contribution is 0.266. The van der Waals surface area contributed by atoms with Gasteiger partial charge in [-0.15, -0.1) is 14.8 Å². The van der Waals surface area contributed by atoms with Crippen molar-refractivity contribution < 1.29 is 0 Å². The summed E-state index contributed by atoms with van der Waals surface area (Å²) in [7, 11) is 0. The molecule has 0 aliphatic carbocycles. The molecule has 0 saturated carbocycles. The minimum atomic E-state index is 0.640. The summed E-state index contributed by atoms with van der Waals surface area (Å²) in [5.41, 5.74) is 0.664. The Morgan fingerprint density at radius 2 is 2.32 bits per heavy atom. The van der Waals surface area contributed by atoms with Crippen LogP contribution < -0.4 is 5.32 Å². The van der Waals surface area contributed by atoms with Crippen LogP contribution in [0.1, 0.15) is 20.3 Å². The van der Waals surface area contributed by atoms with E-state index in [1.165, 1.54) is 17.6 Å². The lowest BCUT2D eigenvalue weighted by Crippen LogP contribution is -2.29. The summed E-state index contributed by atoms with van der Waals surface area (Å²) < 4.78 is 1.44. The number of anilines is 1. The van der Waals surface area contributed by atoms with Crippen LogP contribution >= 0.6 is 0 Å². The Kier molecular flexibility index (Phi) is 3.29. The first kappa shape index (κ1) is 12.3. The van der Waals surface area contributed by atoms with Crippen molar-refractivity contribution in [3.8, 4) is 0 Å². The van der Waals surface area contributed by atoms with Gasteiger partial charge in [0, 0.05) is 19.1 Å². The molecule has 1 aliphatic heterocycles. The molecule has 0 aromatic carbocycles. The predicted molar refractivity (Wildman–Crippen MR) is 71.9 cm³/mol. The van der Waals surface area contributed by atoms with Crippen molar-refractivity contribution in [3.05, 3.63) is 12.1 Å². The third-order valence-corrected chi connectivity index (χ3v) is 3.69. The Bertz CT molecular complexity index is 550. The van der Waals surface area contributed by atoms with E-state index in [9.17, 15) is 0 Å². The maximum absolute atomic E-state index is 4.31. The van der Waals surface area contributed by atoms with Crippen molar-refractivity contribution >= 4 is 11.5 Å². The van der Waals surface area contributed by atoms with Crippen molar-refractivity contribution in [1.29, 1.82) is 0 Å². The molecule has 1 atom stereocenters. The number of rotatable bonds is 4. The fourth-order valence-electron chi connectivity index (χ4n) is 2.49. The molecule has 1 saturated heterocycles. The Balaban J connectivity index is 1.57. The third kappa shape index (κ3) is 2.65. The second-order valence-corrected chi connectivity index (χ2v) is 5.37. The molecular formula is C12H19N7. The molecule has 7 heteroatoms. The molecule has 7 nitrogen and oxygen atoms in total. The number of tetrazole rings is 1. The molecule has 0 bridgehead atoms. The van der Waals surface area contributed by atoms with Gasteiger partial charge in [-0.3, -0.25) is 0 Å². The number of nitrogens with zero attached hydrogens (tertiary/aromatic N) is 6. The summed E-state index contributed by atoms with van der Waals surface area (Å²) in [6.45, 7) is 7.82. The highest BCUT2D eigenvalue weighted by Crippen LogP contribution is 2.18. The van der Waals surface area contributed by atoms with Crippen LogP contribution in [0.15, 0.2) is 12.1 Å². The normalized spacial score (nSPS) is 20.5. The summed E-state index contributed by atoms with van der Waals surface area (Å²) in [6.07, 6.45) is 1.25. The highest BCUT2D eigenvalue weighted by atomic mass is 15.6. The van der Waals surface area contributed by atoms with Crippen molar-refractivity contribution in [2.45, 2.75) is 26.3 Å². The summed E-state index contributed by atoms with van der Waals surface area (Å²) in [4.78, 5) is 2.52. The SMILES string of the molecule is CC(C)N1CCC(CNc2ccc3nnnn3n2)C1. The van der Waals surface area contributed by atoms with E-state index in [2.05, 4.69) is 44.7 Å². The van der Waals surface area contributed by atoms with Crippen LogP contribution in [-0.4, -0.2) is 55.8 Å². The van der Waals surface area contributed by atoms with Crippen LogP contribution in [0.25, 0.3) is 5.65 Å². The first-order chi connectivity index (χ1) is 9.22. The topological polar surface area (TPSA) is 71.2 Å². The van der Waals surface area contributed by atoms with Crippen LogP contribution in [0.2, 0.25) is 0 Å². The number of hydrogen-bond acceptors (Lipinski definition) is 6. The van der Waals surface area contributed by atoms with Crippen molar-refractivity contribution in [1.82, 2.24) is 30.2 Å². The largest absolute Gasteiger partial charge is 0.368 e. The number of hydrogen-bond donors (Lipinski definition) is 1. The molecule has 1 unspecified atom stereocenters. The van der Waals surface area contributed by atoms with Gasteiger partial charge in [0.1, 0.15) is 5.82 Å². The zero-order valence-corrected chi connectivity index (χ0v) is 11.3. The van der Waals surface area contributed by atoms with Crippen LogP contribution in [0.4, 0.5) is 5.82 Å². The van der Waals surface area contributed by atoms with Crippen LogP contribution in [0.3, 0.4) is 0 Å². The van der Waals surface area contributed by atoms with Crippen molar-refractivity contribution in [3.63, 3.8) is 0 Å². The average Bonchev–Trinajstić information content (AvgIpc) is 3.04. The molecule has 3 rings (SSSR count). The highest BCUT2D eigenvalue weighted by molar-refractivity contribution is 5.42. The maximum Gasteiger partial charge on any atom is 0.200 e. The van der Waals surface area contributed by atoms with E-state index in [1.54, 1.807) is 0 Å². The number of likely N-dealkylation sites (tertiary alicyclic amines) is 1. The Hall–Kier alpha value is -1.76. The number of nitrogens with one attached hydrogen (secondary N) is 1. The molecule has 0 spiro atoms. The van der Waals surface area contributed by atoms with Crippen molar-refractivity contribution in [2.24, 2.45) is 5.92 Å². The fourth-order valence-corrected chi connectivity index (χ4v) is 2.49. The maximum atomic E-state index is 4.31. The third-order valence-electron chi connectivity index (χ3n) is 3.69. The van der Waals surface area contributed by atoms with Crippen molar-refractivity contribution in [2.75, 3.05) is 25.0 Å². The minimum absolute atomic E-state index is 0.640. The first-order valence-corrected chi connectivity index (χ1v) is 6.76. The summed E-state index contributed by atoms with van der Waals surface area (Å²) >= 11 is 0. The lowest BCUT2D eigenvalue weighted by atomic mass is 10.1. The average molecular weight is 261 g/mol. The first-order valence-electron chi connectivity index (χ1n) is 6.76. The van der Waals surface area contributed by atoms with Gasteiger partial charge in [-0.05, 0) is 55.3 Å². The quantitative estimate of drug-likeness (QED) is 0.872. The molecule has 1 fully saturated rings. The van der Waals surface area contributed by atoms with E-state index in [0.717, 1.165) is 18.9 Å². The standard InChI is InChI=1S/C12H19N7/c1-9(2)18-6-5-10(8-18)7-13-11-3-4-12-14-16-17-19(12)15-11/h3-4,9-10H,5-8H2,1-2H3,(H,13,15). The Morgan fingerprint density at radius 3 is 3.11 bits per heavy atom. The number of fused-ring (bicyclic) bond motifs is 1. The van der Waals surface area contributed by atoms with Gasteiger partial charge in [0.15, 0.2) is 5.65 Å². The van der Waals surface area contributed by atoms with E-state index in [0.29, 0.717) is 17.6 Å². The smallest absolute Gasteiger partial charge is 0.200 e. The molecule has 1 aliphatic rings. The van der Waals surface area contributed by atoms with Gasteiger partial charge in [0.05, 0.1) is 0 Å². The zero-order chi connectivity index (χ0) is 13.2. The summed E-state index contributed by atoms with van der Waals surface area (Å²) in [5.74, 6) is 1.51. The Morgan fingerprint density at radius 1 is 1.42 bits per heavy atom. The predicted octanol–water partition coefficient (Wildman–Crippen LogP) is 0.661.